The Labute approximate surface area is 134 Å². The van der Waals surface area contributed by atoms with Crippen molar-refractivity contribution >= 4 is 11.9 Å². The van der Waals surface area contributed by atoms with E-state index in [2.05, 4.69) is 22.9 Å². The molecule has 2 aliphatic carbocycles. The second kappa shape index (κ2) is 8.51. The van der Waals surface area contributed by atoms with Crippen molar-refractivity contribution in [3.63, 3.8) is 0 Å². The molecule has 2 fully saturated rings. The molecule has 0 heterocycles. The van der Waals surface area contributed by atoms with Crippen LogP contribution >= 0.6 is 0 Å². The molecular weight excluding hydrogens is 278 g/mol. The average molecular weight is 309 g/mol. The first kappa shape index (κ1) is 17.3. The van der Waals surface area contributed by atoms with Crippen LogP contribution in [0.15, 0.2) is 0 Å². The number of hydrogen-bond donors (Lipinski definition) is 3. The molecule has 2 aliphatic rings. The zero-order chi connectivity index (χ0) is 15.9. The van der Waals surface area contributed by atoms with Crippen LogP contribution in [0.1, 0.15) is 71.6 Å². The van der Waals surface area contributed by atoms with Gasteiger partial charge in [0.2, 0.25) is 5.91 Å². The zero-order valence-corrected chi connectivity index (χ0v) is 14.0. The summed E-state index contributed by atoms with van der Waals surface area (Å²) >= 11 is 0. The van der Waals surface area contributed by atoms with Crippen molar-refractivity contribution in [1.82, 2.24) is 16.0 Å². The normalized spacial score (nSPS) is 27.9. The Morgan fingerprint density at radius 1 is 0.955 bits per heavy atom. The number of nitrogens with one attached hydrogen (secondary N) is 3. The van der Waals surface area contributed by atoms with Gasteiger partial charge in [0.1, 0.15) is 0 Å². The molecule has 0 saturated heterocycles. The van der Waals surface area contributed by atoms with Gasteiger partial charge in [0.25, 0.3) is 0 Å². The van der Waals surface area contributed by atoms with Crippen molar-refractivity contribution in [2.75, 3.05) is 0 Å². The summed E-state index contributed by atoms with van der Waals surface area (Å²) in [6.45, 7) is 4.07. The molecule has 2 rings (SSSR count). The van der Waals surface area contributed by atoms with Crippen molar-refractivity contribution < 1.29 is 9.59 Å². The summed E-state index contributed by atoms with van der Waals surface area (Å²) in [6, 6.07) is -0.0658. The Balaban J connectivity index is 1.71. The van der Waals surface area contributed by atoms with E-state index >= 15 is 0 Å². The number of rotatable bonds is 4. The predicted octanol–water partition coefficient (Wildman–Crippen LogP) is 2.70. The monoisotopic (exact) mass is 309 g/mol. The van der Waals surface area contributed by atoms with E-state index < -0.39 is 0 Å². The third kappa shape index (κ3) is 5.27. The molecule has 0 radical (unpaired) electrons. The quantitative estimate of drug-likeness (QED) is 0.748. The summed E-state index contributed by atoms with van der Waals surface area (Å²) in [5.41, 5.74) is 0. The van der Waals surface area contributed by atoms with Gasteiger partial charge in [0, 0.05) is 12.1 Å². The lowest BCUT2D eigenvalue weighted by molar-refractivity contribution is -0.122. The summed E-state index contributed by atoms with van der Waals surface area (Å²) in [5.74, 6) is 0.367. The minimum absolute atomic E-state index is 0.225. The van der Waals surface area contributed by atoms with Gasteiger partial charge >= 0.3 is 6.03 Å². The highest BCUT2D eigenvalue weighted by molar-refractivity contribution is 5.96. The predicted molar refractivity (Wildman–Crippen MR) is 87.6 cm³/mol. The summed E-state index contributed by atoms with van der Waals surface area (Å²) in [7, 11) is 0. The largest absolute Gasteiger partial charge is 0.335 e. The van der Waals surface area contributed by atoms with Crippen LogP contribution < -0.4 is 16.0 Å². The van der Waals surface area contributed by atoms with Crippen molar-refractivity contribution in [2.45, 2.75) is 89.8 Å². The molecule has 0 aromatic carbocycles. The lowest BCUT2D eigenvalue weighted by Crippen LogP contribution is -2.53. The maximum Gasteiger partial charge on any atom is 0.321 e. The maximum absolute atomic E-state index is 12.1. The van der Waals surface area contributed by atoms with Crippen molar-refractivity contribution in [3.05, 3.63) is 0 Å². The number of amides is 3. The van der Waals surface area contributed by atoms with Crippen LogP contribution in [0.4, 0.5) is 4.79 Å². The lowest BCUT2D eigenvalue weighted by Gasteiger charge is -2.31. The molecule has 0 unspecified atom stereocenters. The smallest absolute Gasteiger partial charge is 0.321 e. The van der Waals surface area contributed by atoms with E-state index in [1.54, 1.807) is 0 Å². The zero-order valence-electron chi connectivity index (χ0n) is 14.0. The summed E-state index contributed by atoms with van der Waals surface area (Å²) in [4.78, 5) is 24.1. The number of hydrogen-bond acceptors (Lipinski definition) is 3. The number of imide groups is 1. The van der Waals surface area contributed by atoms with Gasteiger partial charge in [-0.2, -0.15) is 0 Å². The molecule has 3 amide bonds. The van der Waals surface area contributed by atoms with E-state index in [4.69, 9.17) is 0 Å². The summed E-state index contributed by atoms with van der Waals surface area (Å²) in [5, 5.41) is 8.78. The van der Waals surface area contributed by atoms with E-state index in [0.29, 0.717) is 12.0 Å². The van der Waals surface area contributed by atoms with Crippen molar-refractivity contribution in [2.24, 2.45) is 5.92 Å². The molecule has 0 aliphatic heterocycles. The van der Waals surface area contributed by atoms with E-state index in [-0.39, 0.29) is 24.0 Å². The molecule has 2 saturated carbocycles. The molecule has 0 aromatic heterocycles. The Kier molecular flexibility index (Phi) is 6.68. The van der Waals surface area contributed by atoms with Gasteiger partial charge in [-0.25, -0.2) is 4.79 Å². The van der Waals surface area contributed by atoms with Gasteiger partial charge in [-0.15, -0.1) is 0 Å². The van der Waals surface area contributed by atoms with Crippen LogP contribution in [-0.2, 0) is 4.79 Å². The molecule has 5 nitrogen and oxygen atoms in total. The third-order valence-electron chi connectivity index (χ3n) is 5.15. The van der Waals surface area contributed by atoms with Gasteiger partial charge in [0.15, 0.2) is 0 Å². The van der Waals surface area contributed by atoms with E-state index in [1.165, 1.54) is 25.7 Å². The fourth-order valence-electron chi connectivity index (χ4n) is 3.65. The molecule has 22 heavy (non-hydrogen) atoms. The van der Waals surface area contributed by atoms with Gasteiger partial charge in [-0.05, 0) is 38.5 Å². The van der Waals surface area contributed by atoms with Crippen LogP contribution in [0.3, 0.4) is 0 Å². The first-order chi connectivity index (χ1) is 10.6. The van der Waals surface area contributed by atoms with Crippen LogP contribution in [-0.4, -0.2) is 30.1 Å². The maximum atomic E-state index is 12.1. The fourth-order valence-corrected chi connectivity index (χ4v) is 3.65. The molecule has 5 heteroatoms. The van der Waals surface area contributed by atoms with Gasteiger partial charge < -0.3 is 10.6 Å². The second-order valence-electron chi connectivity index (χ2n) is 7.05. The SMILES string of the molecule is C[C@H](N[C@H]1CCCC[C@H]1C)C(=O)NC(=O)NC1CCCCC1. The second-order valence-corrected chi connectivity index (χ2v) is 7.05. The molecule has 0 bridgehead atoms. The van der Waals surface area contributed by atoms with E-state index in [1.807, 2.05) is 6.92 Å². The topological polar surface area (TPSA) is 70.2 Å². The Morgan fingerprint density at radius 3 is 2.27 bits per heavy atom. The number of carbonyl (C=O) groups excluding carboxylic acids is 2. The molecule has 0 spiro atoms. The van der Waals surface area contributed by atoms with Gasteiger partial charge in [0.05, 0.1) is 6.04 Å². The molecular formula is C17H31N3O2. The molecule has 3 N–H and O–H groups in total. The van der Waals surface area contributed by atoms with E-state index in [0.717, 1.165) is 32.1 Å². The first-order valence-corrected chi connectivity index (χ1v) is 8.93. The standard InChI is InChI=1S/C17H31N3O2/c1-12-8-6-7-11-15(12)18-13(2)16(21)20-17(22)19-14-9-4-3-5-10-14/h12-15,18H,3-11H2,1-2H3,(H2,19,20,21,22)/t12-,13+,15+/m1/s1. The van der Waals surface area contributed by atoms with Gasteiger partial charge in [-0.1, -0.05) is 39.0 Å². The fraction of sp³-hybridized carbons (Fsp3) is 0.882. The molecule has 0 aromatic rings. The van der Waals surface area contributed by atoms with Crippen LogP contribution in [0, 0.1) is 5.92 Å². The van der Waals surface area contributed by atoms with Crippen molar-refractivity contribution in [3.8, 4) is 0 Å². The van der Waals surface area contributed by atoms with Crippen LogP contribution in [0.5, 0.6) is 0 Å². The minimum atomic E-state index is -0.345. The summed E-state index contributed by atoms with van der Waals surface area (Å²) in [6.07, 6.45) is 10.5. The van der Waals surface area contributed by atoms with Crippen LogP contribution in [0.25, 0.3) is 0 Å². The van der Waals surface area contributed by atoms with E-state index in [9.17, 15) is 9.59 Å². The lowest BCUT2D eigenvalue weighted by atomic mass is 9.85. The van der Waals surface area contributed by atoms with Gasteiger partial charge in [-0.3, -0.25) is 10.1 Å². The molecule has 3 atom stereocenters. The minimum Gasteiger partial charge on any atom is -0.335 e. The summed E-state index contributed by atoms with van der Waals surface area (Å²) < 4.78 is 0. The van der Waals surface area contributed by atoms with Crippen LogP contribution in [0.2, 0.25) is 0 Å². The first-order valence-electron chi connectivity index (χ1n) is 8.93. The number of carbonyl (C=O) groups is 2. The molecule has 126 valence electrons. The highest BCUT2D eigenvalue weighted by atomic mass is 16.2. The Hall–Kier alpha value is -1.10. The highest BCUT2D eigenvalue weighted by Crippen LogP contribution is 2.24. The third-order valence-corrected chi connectivity index (χ3v) is 5.15. The highest BCUT2D eigenvalue weighted by Gasteiger charge is 2.26. The van der Waals surface area contributed by atoms with Crippen molar-refractivity contribution in [1.29, 1.82) is 0 Å². The Bertz CT molecular complexity index is 380. The Morgan fingerprint density at radius 2 is 1.59 bits per heavy atom. The number of urea groups is 1. The average Bonchev–Trinajstić information content (AvgIpc) is 2.50.